The van der Waals surface area contributed by atoms with Gasteiger partial charge in [-0.1, -0.05) is 56.3 Å². The van der Waals surface area contributed by atoms with E-state index in [9.17, 15) is 4.79 Å². The molecule has 0 atom stereocenters. The first-order valence-corrected chi connectivity index (χ1v) is 9.89. The Labute approximate surface area is 164 Å². The fourth-order valence-electron chi connectivity index (χ4n) is 2.65. The highest BCUT2D eigenvalue weighted by Gasteiger charge is 2.18. The van der Waals surface area contributed by atoms with Gasteiger partial charge in [0.05, 0.1) is 12.2 Å². The lowest BCUT2D eigenvalue weighted by atomic mass is 10.2. The van der Waals surface area contributed by atoms with E-state index < -0.39 is 0 Å². The van der Waals surface area contributed by atoms with Gasteiger partial charge >= 0.3 is 0 Å². The molecule has 3 rings (SSSR count). The molecule has 3 aromatic rings. The maximum Gasteiger partial charge on any atom is 0.273 e. The van der Waals surface area contributed by atoms with Crippen molar-refractivity contribution < 1.29 is 9.53 Å². The summed E-state index contributed by atoms with van der Waals surface area (Å²) in [4.78, 5) is 19.0. The minimum Gasteiger partial charge on any atom is -0.493 e. The van der Waals surface area contributed by atoms with E-state index in [2.05, 4.69) is 18.8 Å². The molecular weight excluding hydrogens is 356 g/mol. The van der Waals surface area contributed by atoms with Crippen LogP contribution in [0.1, 0.15) is 29.9 Å². The number of hydrogen-bond donors (Lipinski definition) is 0. The number of aromatic nitrogens is 1. The van der Waals surface area contributed by atoms with Crippen molar-refractivity contribution in [2.24, 2.45) is 5.92 Å². The predicted molar refractivity (Wildman–Crippen MR) is 110 cm³/mol. The van der Waals surface area contributed by atoms with Crippen molar-refractivity contribution in [2.75, 3.05) is 13.7 Å². The van der Waals surface area contributed by atoms with Gasteiger partial charge in [-0.2, -0.15) is 0 Å². The predicted octanol–water partition coefficient (Wildman–Crippen LogP) is 5.12. The lowest BCUT2D eigenvalue weighted by Crippen LogP contribution is -2.26. The van der Waals surface area contributed by atoms with Crippen LogP contribution in [0.4, 0.5) is 0 Å². The van der Waals surface area contributed by atoms with Gasteiger partial charge in [0.1, 0.15) is 16.5 Å². The third kappa shape index (κ3) is 4.95. The summed E-state index contributed by atoms with van der Waals surface area (Å²) in [6.07, 6.45) is 0. The molecule has 0 N–H and O–H groups in total. The number of nitrogens with zero attached hydrogens (tertiary/aromatic N) is 2. The topological polar surface area (TPSA) is 42.4 Å². The Morgan fingerprint density at radius 2 is 1.81 bits per heavy atom. The molecule has 1 heterocycles. The summed E-state index contributed by atoms with van der Waals surface area (Å²) in [6.45, 7) is 5.44. The normalized spacial score (nSPS) is 10.8. The van der Waals surface area contributed by atoms with Crippen LogP contribution in [0.3, 0.4) is 0 Å². The van der Waals surface area contributed by atoms with Crippen LogP contribution in [0.15, 0.2) is 60.0 Å². The minimum absolute atomic E-state index is 0.0815. The van der Waals surface area contributed by atoms with Gasteiger partial charge < -0.3 is 9.64 Å². The molecule has 27 heavy (non-hydrogen) atoms. The smallest absolute Gasteiger partial charge is 0.273 e. The number of para-hydroxylation sites is 1. The molecule has 0 saturated carbocycles. The van der Waals surface area contributed by atoms with Crippen molar-refractivity contribution in [3.63, 3.8) is 0 Å². The molecule has 2 aromatic carbocycles. The molecular formula is C22H24N2O2S. The second-order valence-corrected chi connectivity index (χ2v) is 7.74. The lowest BCUT2D eigenvalue weighted by molar-refractivity contribution is 0.0780. The van der Waals surface area contributed by atoms with Crippen molar-refractivity contribution >= 4 is 17.2 Å². The molecule has 0 unspecified atom stereocenters. The molecule has 4 nitrogen and oxygen atoms in total. The summed E-state index contributed by atoms with van der Waals surface area (Å²) >= 11 is 1.46. The SMILES string of the molecule is CC(C)COc1ccccc1-c1nc(C(=O)N(C)Cc2ccccc2)cs1. The summed E-state index contributed by atoms with van der Waals surface area (Å²) in [7, 11) is 1.80. The molecule has 1 aromatic heterocycles. The number of hydrogen-bond acceptors (Lipinski definition) is 4. The van der Waals surface area contributed by atoms with E-state index in [4.69, 9.17) is 4.74 Å². The standard InChI is InChI=1S/C22H24N2O2S/c1-16(2)14-26-20-12-8-7-11-18(20)21-23-19(15-27-21)22(25)24(3)13-17-9-5-4-6-10-17/h4-12,15-16H,13-14H2,1-3H3. The fourth-order valence-corrected chi connectivity index (χ4v) is 3.47. The van der Waals surface area contributed by atoms with Crippen LogP contribution in [0, 0.1) is 5.92 Å². The van der Waals surface area contributed by atoms with Gasteiger partial charge in [0.25, 0.3) is 5.91 Å². The molecule has 0 fully saturated rings. The zero-order valence-electron chi connectivity index (χ0n) is 15.9. The molecule has 0 bridgehead atoms. The molecule has 0 aliphatic heterocycles. The number of benzene rings is 2. The number of thiazole rings is 1. The summed E-state index contributed by atoms with van der Waals surface area (Å²) in [6, 6.07) is 17.8. The Bertz CT molecular complexity index is 890. The Hall–Kier alpha value is -2.66. The second kappa shape index (κ2) is 8.82. The largest absolute Gasteiger partial charge is 0.493 e. The molecule has 5 heteroatoms. The van der Waals surface area contributed by atoms with Gasteiger partial charge in [0, 0.05) is 19.0 Å². The highest BCUT2D eigenvalue weighted by atomic mass is 32.1. The first kappa shape index (κ1) is 19.1. The molecule has 1 amide bonds. The molecule has 0 aliphatic carbocycles. The van der Waals surface area contributed by atoms with E-state index in [1.54, 1.807) is 11.9 Å². The van der Waals surface area contributed by atoms with Gasteiger partial charge in [-0.05, 0) is 23.6 Å². The molecule has 0 spiro atoms. The summed E-state index contributed by atoms with van der Waals surface area (Å²) < 4.78 is 5.92. The number of carbonyl (C=O) groups is 1. The van der Waals surface area contributed by atoms with E-state index in [1.165, 1.54) is 11.3 Å². The number of ether oxygens (including phenoxy) is 1. The number of rotatable bonds is 7. The maximum absolute atomic E-state index is 12.7. The second-order valence-electron chi connectivity index (χ2n) is 6.89. The van der Waals surface area contributed by atoms with Crippen LogP contribution >= 0.6 is 11.3 Å². The van der Waals surface area contributed by atoms with Crippen molar-refractivity contribution in [1.29, 1.82) is 0 Å². The zero-order chi connectivity index (χ0) is 19.2. The fraction of sp³-hybridized carbons (Fsp3) is 0.273. The minimum atomic E-state index is -0.0815. The van der Waals surface area contributed by atoms with Crippen LogP contribution in [-0.2, 0) is 6.54 Å². The molecule has 140 valence electrons. The van der Waals surface area contributed by atoms with E-state index in [0.717, 1.165) is 21.9 Å². The Morgan fingerprint density at radius 1 is 1.11 bits per heavy atom. The Morgan fingerprint density at radius 3 is 2.56 bits per heavy atom. The van der Waals surface area contributed by atoms with E-state index in [1.807, 2.05) is 60.0 Å². The summed E-state index contributed by atoms with van der Waals surface area (Å²) in [5, 5.41) is 2.61. The lowest BCUT2D eigenvalue weighted by Gasteiger charge is -2.16. The highest BCUT2D eigenvalue weighted by molar-refractivity contribution is 7.13. The van der Waals surface area contributed by atoms with E-state index in [0.29, 0.717) is 24.8 Å². The monoisotopic (exact) mass is 380 g/mol. The van der Waals surface area contributed by atoms with Crippen LogP contribution < -0.4 is 4.74 Å². The maximum atomic E-state index is 12.7. The van der Waals surface area contributed by atoms with Gasteiger partial charge in [-0.25, -0.2) is 4.98 Å². The van der Waals surface area contributed by atoms with Crippen LogP contribution in [0.5, 0.6) is 5.75 Å². The van der Waals surface area contributed by atoms with Crippen molar-refractivity contribution in [3.8, 4) is 16.3 Å². The van der Waals surface area contributed by atoms with Crippen LogP contribution in [0.25, 0.3) is 10.6 Å². The van der Waals surface area contributed by atoms with Gasteiger partial charge in [0.2, 0.25) is 0 Å². The van der Waals surface area contributed by atoms with Gasteiger partial charge in [0.15, 0.2) is 0 Å². The van der Waals surface area contributed by atoms with Crippen molar-refractivity contribution in [3.05, 3.63) is 71.2 Å². The van der Waals surface area contributed by atoms with E-state index in [-0.39, 0.29) is 5.91 Å². The average Bonchev–Trinajstić information content (AvgIpc) is 3.16. The Kier molecular flexibility index (Phi) is 6.24. The highest BCUT2D eigenvalue weighted by Crippen LogP contribution is 2.32. The molecule has 0 aliphatic rings. The zero-order valence-corrected chi connectivity index (χ0v) is 16.7. The number of amides is 1. The summed E-state index contributed by atoms with van der Waals surface area (Å²) in [5.41, 5.74) is 2.48. The van der Waals surface area contributed by atoms with Crippen molar-refractivity contribution in [1.82, 2.24) is 9.88 Å². The first-order chi connectivity index (χ1) is 13.0. The average molecular weight is 381 g/mol. The van der Waals surface area contributed by atoms with Gasteiger partial charge in [-0.3, -0.25) is 4.79 Å². The third-order valence-corrected chi connectivity index (χ3v) is 4.90. The van der Waals surface area contributed by atoms with Gasteiger partial charge in [-0.15, -0.1) is 11.3 Å². The third-order valence-electron chi connectivity index (χ3n) is 4.02. The van der Waals surface area contributed by atoms with Crippen LogP contribution in [-0.4, -0.2) is 29.4 Å². The Balaban J connectivity index is 1.76. The first-order valence-electron chi connectivity index (χ1n) is 9.01. The molecule has 0 saturated heterocycles. The number of carbonyl (C=O) groups excluding carboxylic acids is 1. The quantitative estimate of drug-likeness (QED) is 0.571. The van der Waals surface area contributed by atoms with Crippen molar-refractivity contribution in [2.45, 2.75) is 20.4 Å². The van der Waals surface area contributed by atoms with E-state index >= 15 is 0 Å². The van der Waals surface area contributed by atoms with Crippen LogP contribution in [0.2, 0.25) is 0 Å². The summed E-state index contributed by atoms with van der Waals surface area (Å²) in [5.74, 6) is 1.16. The molecule has 0 radical (unpaired) electrons.